The maximum Gasteiger partial charge on any atom is 0.120 e. The number of rotatable bonds is 7. The Morgan fingerprint density at radius 2 is 1.95 bits per heavy atom. The van der Waals surface area contributed by atoms with Gasteiger partial charge in [0.1, 0.15) is 5.75 Å². The van der Waals surface area contributed by atoms with Crippen LogP contribution in [0.2, 0.25) is 0 Å². The highest BCUT2D eigenvalue weighted by atomic mass is 16.3. The molecule has 0 aromatic heterocycles. The zero-order valence-electron chi connectivity index (χ0n) is 13.5. The number of piperidine rings is 1. The Morgan fingerprint density at radius 1 is 1.24 bits per heavy atom. The number of hydrogen-bond acceptors (Lipinski definition) is 3. The van der Waals surface area contributed by atoms with Crippen molar-refractivity contribution in [2.45, 2.75) is 45.6 Å². The maximum absolute atomic E-state index is 10.2. The molecule has 21 heavy (non-hydrogen) atoms. The molecule has 1 saturated heterocycles. The van der Waals surface area contributed by atoms with E-state index < -0.39 is 0 Å². The molecule has 2 rings (SSSR count). The fourth-order valence-electron chi connectivity index (χ4n) is 3.50. The largest absolute Gasteiger partial charge is 0.508 e. The van der Waals surface area contributed by atoms with E-state index in [1.165, 1.54) is 12.8 Å². The van der Waals surface area contributed by atoms with Gasteiger partial charge in [0.15, 0.2) is 0 Å². The molecule has 1 aromatic carbocycles. The first kappa shape index (κ1) is 16.3. The van der Waals surface area contributed by atoms with E-state index in [0.29, 0.717) is 11.8 Å². The molecule has 1 atom stereocenters. The maximum atomic E-state index is 10.2. The molecule has 0 radical (unpaired) electrons. The highest BCUT2D eigenvalue weighted by Gasteiger charge is 2.24. The summed E-state index contributed by atoms with van der Waals surface area (Å²) in [5, 5.41) is 13.6. The van der Waals surface area contributed by atoms with Crippen molar-refractivity contribution in [2.24, 2.45) is 5.92 Å². The van der Waals surface area contributed by atoms with Crippen LogP contribution in [-0.4, -0.2) is 36.2 Å². The average Bonchev–Trinajstić information content (AvgIpc) is 2.51. The van der Waals surface area contributed by atoms with Crippen molar-refractivity contribution in [3.63, 3.8) is 0 Å². The smallest absolute Gasteiger partial charge is 0.120 e. The van der Waals surface area contributed by atoms with Gasteiger partial charge in [-0.2, -0.15) is 0 Å². The fourth-order valence-corrected chi connectivity index (χ4v) is 3.50. The minimum absolute atomic E-state index is 0.334. The lowest BCUT2D eigenvalue weighted by molar-refractivity contribution is 0.146. The second-order valence-electron chi connectivity index (χ2n) is 6.17. The monoisotopic (exact) mass is 290 g/mol. The average molecular weight is 290 g/mol. The number of nitrogens with one attached hydrogen (secondary N) is 1. The van der Waals surface area contributed by atoms with Crippen LogP contribution in [0.1, 0.15) is 51.1 Å². The number of hydrogen-bond donors (Lipinski definition) is 2. The standard InChI is InChI=1S/C18H30N2O/c1-3-13-20(14-15-9-11-19-12-10-15)17(4-2)16-7-5-6-8-18(16)21/h5-8,15,17,19,21H,3-4,9-14H2,1-2H3. The molecule has 3 nitrogen and oxygen atoms in total. The van der Waals surface area contributed by atoms with Gasteiger partial charge < -0.3 is 10.4 Å². The Balaban J connectivity index is 2.11. The molecular formula is C18H30N2O. The van der Waals surface area contributed by atoms with Crippen LogP contribution in [-0.2, 0) is 0 Å². The molecule has 0 saturated carbocycles. The highest BCUT2D eigenvalue weighted by Crippen LogP contribution is 2.32. The topological polar surface area (TPSA) is 35.5 Å². The molecule has 1 aromatic rings. The first-order chi connectivity index (χ1) is 10.3. The lowest BCUT2D eigenvalue weighted by Crippen LogP contribution is -2.38. The van der Waals surface area contributed by atoms with E-state index in [1.54, 1.807) is 0 Å². The van der Waals surface area contributed by atoms with Gasteiger partial charge >= 0.3 is 0 Å². The Labute approximate surface area is 129 Å². The van der Waals surface area contributed by atoms with Crippen molar-refractivity contribution < 1.29 is 5.11 Å². The molecule has 2 N–H and O–H groups in total. The Morgan fingerprint density at radius 3 is 2.57 bits per heavy atom. The van der Waals surface area contributed by atoms with Gasteiger partial charge in [-0.1, -0.05) is 32.0 Å². The highest BCUT2D eigenvalue weighted by molar-refractivity contribution is 5.34. The van der Waals surface area contributed by atoms with E-state index >= 15 is 0 Å². The van der Waals surface area contributed by atoms with Crippen LogP contribution in [0.5, 0.6) is 5.75 Å². The zero-order chi connectivity index (χ0) is 15.1. The van der Waals surface area contributed by atoms with Gasteiger partial charge in [-0.25, -0.2) is 0 Å². The quantitative estimate of drug-likeness (QED) is 0.806. The fraction of sp³-hybridized carbons (Fsp3) is 0.667. The summed E-state index contributed by atoms with van der Waals surface area (Å²) in [6.45, 7) is 9.03. The van der Waals surface area contributed by atoms with Gasteiger partial charge in [0.05, 0.1) is 0 Å². The van der Waals surface area contributed by atoms with Crippen LogP contribution < -0.4 is 5.32 Å². The normalized spacial score (nSPS) is 18.0. The predicted molar refractivity (Wildman–Crippen MR) is 88.6 cm³/mol. The molecule has 1 aliphatic rings. The van der Waals surface area contributed by atoms with Crippen molar-refractivity contribution in [2.75, 3.05) is 26.2 Å². The summed E-state index contributed by atoms with van der Waals surface area (Å²) < 4.78 is 0. The summed E-state index contributed by atoms with van der Waals surface area (Å²) >= 11 is 0. The third-order valence-electron chi connectivity index (χ3n) is 4.59. The van der Waals surface area contributed by atoms with Crippen LogP contribution in [0.15, 0.2) is 24.3 Å². The number of para-hydroxylation sites is 1. The first-order valence-corrected chi connectivity index (χ1v) is 8.48. The summed E-state index contributed by atoms with van der Waals surface area (Å²) in [5.74, 6) is 1.23. The zero-order valence-corrected chi connectivity index (χ0v) is 13.5. The second-order valence-corrected chi connectivity index (χ2v) is 6.17. The van der Waals surface area contributed by atoms with Crippen molar-refractivity contribution in [1.82, 2.24) is 10.2 Å². The first-order valence-electron chi connectivity index (χ1n) is 8.48. The van der Waals surface area contributed by atoms with Gasteiger partial charge in [-0.3, -0.25) is 4.90 Å². The molecule has 0 aliphatic carbocycles. The van der Waals surface area contributed by atoms with E-state index in [0.717, 1.165) is 50.5 Å². The Bertz CT molecular complexity index is 415. The predicted octanol–water partition coefficient (Wildman–Crippen LogP) is 3.55. The summed E-state index contributed by atoms with van der Waals surface area (Å²) in [6, 6.07) is 8.16. The van der Waals surface area contributed by atoms with Crippen molar-refractivity contribution in [1.29, 1.82) is 0 Å². The van der Waals surface area contributed by atoms with E-state index in [1.807, 2.05) is 18.2 Å². The number of benzene rings is 1. The Hall–Kier alpha value is -1.06. The van der Waals surface area contributed by atoms with Crippen LogP contribution >= 0.6 is 0 Å². The van der Waals surface area contributed by atoms with Crippen LogP contribution in [0.3, 0.4) is 0 Å². The minimum atomic E-state index is 0.334. The lowest BCUT2D eigenvalue weighted by atomic mass is 9.94. The summed E-state index contributed by atoms with van der Waals surface area (Å²) in [7, 11) is 0. The summed E-state index contributed by atoms with van der Waals surface area (Å²) in [6.07, 6.45) is 4.76. The summed E-state index contributed by atoms with van der Waals surface area (Å²) in [5.41, 5.74) is 1.09. The van der Waals surface area contributed by atoms with E-state index in [-0.39, 0.29) is 0 Å². The summed E-state index contributed by atoms with van der Waals surface area (Å²) in [4.78, 5) is 2.59. The molecule has 0 bridgehead atoms. The van der Waals surface area contributed by atoms with E-state index in [9.17, 15) is 5.11 Å². The number of phenolic OH excluding ortho intramolecular Hbond substituents is 1. The van der Waals surface area contributed by atoms with Crippen LogP contribution in [0, 0.1) is 5.92 Å². The molecule has 0 amide bonds. The van der Waals surface area contributed by atoms with E-state index in [2.05, 4.69) is 30.1 Å². The van der Waals surface area contributed by atoms with Gasteiger partial charge in [0, 0.05) is 18.2 Å². The van der Waals surface area contributed by atoms with Crippen molar-refractivity contribution >= 4 is 0 Å². The molecule has 1 fully saturated rings. The SMILES string of the molecule is CCCN(CC1CCNCC1)C(CC)c1ccccc1O. The van der Waals surface area contributed by atoms with Crippen LogP contribution in [0.4, 0.5) is 0 Å². The molecule has 1 unspecified atom stereocenters. The molecule has 1 aliphatic heterocycles. The second kappa shape index (κ2) is 8.40. The molecule has 118 valence electrons. The molecule has 0 spiro atoms. The van der Waals surface area contributed by atoms with E-state index in [4.69, 9.17) is 0 Å². The third-order valence-corrected chi connectivity index (χ3v) is 4.59. The van der Waals surface area contributed by atoms with Gasteiger partial charge in [0.25, 0.3) is 0 Å². The van der Waals surface area contributed by atoms with Gasteiger partial charge in [-0.15, -0.1) is 0 Å². The molecule has 1 heterocycles. The van der Waals surface area contributed by atoms with Crippen molar-refractivity contribution in [3.05, 3.63) is 29.8 Å². The minimum Gasteiger partial charge on any atom is -0.508 e. The number of phenols is 1. The molecule has 3 heteroatoms. The number of nitrogens with zero attached hydrogens (tertiary/aromatic N) is 1. The van der Waals surface area contributed by atoms with Crippen LogP contribution in [0.25, 0.3) is 0 Å². The molecular weight excluding hydrogens is 260 g/mol. The number of aromatic hydroxyl groups is 1. The lowest BCUT2D eigenvalue weighted by Gasteiger charge is -2.35. The van der Waals surface area contributed by atoms with Gasteiger partial charge in [0.2, 0.25) is 0 Å². The third kappa shape index (κ3) is 4.45. The van der Waals surface area contributed by atoms with Gasteiger partial charge in [-0.05, 0) is 57.3 Å². The van der Waals surface area contributed by atoms with Crippen molar-refractivity contribution in [3.8, 4) is 5.75 Å². The Kier molecular flexibility index (Phi) is 6.52.